The Labute approximate surface area is 150 Å². The molecule has 0 unspecified atom stereocenters. The second-order valence-corrected chi connectivity index (χ2v) is 6.63. The molecule has 0 saturated carbocycles. The molecule has 24 heavy (non-hydrogen) atoms. The summed E-state index contributed by atoms with van der Waals surface area (Å²) >= 11 is 3.45. The molecular formula is C19H21BrN2O2. The van der Waals surface area contributed by atoms with Crippen LogP contribution < -0.4 is 15.0 Å². The summed E-state index contributed by atoms with van der Waals surface area (Å²) in [5, 5.41) is 2.97. The molecule has 0 aliphatic carbocycles. The maximum atomic E-state index is 12.5. The summed E-state index contributed by atoms with van der Waals surface area (Å²) in [6.45, 7) is 4.69. The lowest BCUT2D eigenvalue weighted by molar-refractivity contribution is 0.102. The van der Waals surface area contributed by atoms with Gasteiger partial charge in [-0.05, 0) is 72.1 Å². The zero-order valence-electron chi connectivity index (χ0n) is 13.7. The van der Waals surface area contributed by atoms with E-state index >= 15 is 0 Å². The number of hydrogen-bond acceptors (Lipinski definition) is 3. The molecule has 0 bridgehead atoms. The lowest BCUT2D eigenvalue weighted by Crippen LogP contribution is -2.18. The maximum absolute atomic E-state index is 12.5. The first kappa shape index (κ1) is 16.8. The van der Waals surface area contributed by atoms with Gasteiger partial charge in [-0.25, -0.2) is 0 Å². The van der Waals surface area contributed by atoms with Crippen molar-refractivity contribution in [1.29, 1.82) is 0 Å². The molecule has 1 aliphatic rings. The average Bonchev–Trinajstić information content (AvgIpc) is 3.11. The molecule has 0 radical (unpaired) electrons. The Morgan fingerprint density at radius 3 is 2.71 bits per heavy atom. The highest BCUT2D eigenvalue weighted by atomic mass is 79.9. The minimum absolute atomic E-state index is 0.127. The molecule has 0 spiro atoms. The van der Waals surface area contributed by atoms with Crippen LogP contribution in [-0.4, -0.2) is 25.6 Å². The average molecular weight is 389 g/mol. The van der Waals surface area contributed by atoms with Crippen LogP contribution in [0.4, 0.5) is 11.4 Å². The van der Waals surface area contributed by atoms with E-state index in [4.69, 9.17) is 4.74 Å². The topological polar surface area (TPSA) is 41.6 Å². The molecule has 1 amide bonds. The van der Waals surface area contributed by atoms with Gasteiger partial charge in [0.05, 0.1) is 11.1 Å². The molecule has 2 aromatic carbocycles. The molecule has 126 valence electrons. The molecule has 1 N–H and O–H groups in total. The zero-order valence-corrected chi connectivity index (χ0v) is 15.3. The van der Waals surface area contributed by atoms with Crippen molar-refractivity contribution >= 4 is 33.2 Å². The molecule has 0 atom stereocenters. The van der Waals surface area contributed by atoms with Crippen LogP contribution in [0.1, 0.15) is 30.1 Å². The summed E-state index contributed by atoms with van der Waals surface area (Å²) in [5.41, 5.74) is 2.57. The first-order chi connectivity index (χ1) is 11.7. The second-order valence-electron chi connectivity index (χ2n) is 5.78. The number of carbonyl (C=O) groups is 1. The quantitative estimate of drug-likeness (QED) is 0.806. The van der Waals surface area contributed by atoms with Crippen LogP contribution in [0.3, 0.4) is 0 Å². The standard InChI is InChI=1S/C19H21BrN2O2/c1-2-24-18-9-8-14(12-17(18)20)19(23)21-15-6-5-7-16(13-15)22-10-3-4-11-22/h5-9,12-13H,2-4,10-11H2,1H3,(H,21,23). The zero-order chi connectivity index (χ0) is 16.9. The number of benzene rings is 2. The number of carbonyl (C=O) groups excluding carboxylic acids is 1. The van der Waals surface area contributed by atoms with Gasteiger partial charge in [-0.3, -0.25) is 4.79 Å². The van der Waals surface area contributed by atoms with Gasteiger partial charge >= 0.3 is 0 Å². The molecule has 3 rings (SSSR count). The largest absolute Gasteiger partial charge is 0.493 e. The van der Waals surface area contributed by atoms with Gasteiger partial charge in [0.1, 0.15) is 5.75 Å². The summed E-state index contributed by atoms with van der Waals surface area (Å²) in [6, 6.07) is 13.4. The molecule has 1 saturated heterocycles. The van der Waals surface area contributed by atoms with E-state index in [0.717, 1.165) is 34.7 Å². The van der Waals surface area contributed by atoms with Crippen molar-refractivity contribution in [3.63, 3.8) is 0 Å². The monoisotopic (exact) mass is 388 g/mol. The molecule has 5 heteroatoms. The van der Waals surface area contributed by atoms with Gasteiger partial charge in [0, 0.05) is 30.0 Å². The number of rotatable bonds is 5. The lowest BCUT2D eigenvalue weighted by atomic mass is 10.2. The molecule has 0 aromatic heterocycles. The minimum atomic E-state index is -0.127. The predicted molar refractivity (Wildman–Crippen MR) is 101 cm³/mol. The van der Waals surface area contributed by atoms with E-state index in [9.17, 15) is 4.79 Å². The Hall–Kier alpha value is -2.01. The van der Waals surface area contributed by atoms with Crippen molar-refractivity contribution in [2.45, 2.75) is 19.8 Å². The van der Waals surface area contributed by atoms with Crippen molar-refractivity contribution < 1.29 is 9.53 Å². The third-order valence-corrected chi connectivity index (χ3v) is 4.69. The Bertz CT molecular complexity index is 727. The molecule has 1 fully saturated rings. The number of anilines is 2. The van der Waals surface area contributed by atoms with Gasteiger partial charge in [0.2, 0.25) is 0 Å². The Balaban J connectivity index is 1.72. The van der Waals surface area contributed by atoms with E-state index in [1.165, 1.54) is 12.8 Å². The summed E-state index contributed by atoms with van der Waals surface area (Å²) in [5.74, 6) is 0.613. The third kappa shape index (κ3) is 3.90. The fraction of sp³-hybridized carbons (Fsp3) is 0.316. The molecule has 1 heterocycles. The van der Waals surface area contributed by atoms with Crippen molar-refractivity contribution in [2.24, 2.45) is 0 Å². The van der Waals surface area contributed by atoms with Crippen molar-refractivity contribution in [3.8, 4) is 5.75 Å². The van der Waals surface area contributed by atoms with Crippen LogP contribution in [0.15, 0.2) is 46.9 Å². The summed E-state index contributed by atoms with van der Waals surface area (Å²) in [7, 11) is 0. The highest BCUT2D eigenvalue weighted by molar-refractivity contribution is 9.10. The molecule has 1 aliphatic heterocycles. The summed E-state index contributed by atoms with van der Waals surface area (Å²) in [4.78, 5) is 14.8. The van der Waals surface area contributed by atoms with E-state index in [1.54, 1.807) is 12.1 Å². The van der Waals surface area contributed by atoms with Crippen LogP contribution in [0.5, 0.6) is 5.75 Å². The number of amides is 1. The van der Waals surface area contributed by atoms with Gasteiger partial charge in [-0.1, -0.05) is 6.07 Å². The third-order valence-electron chi connectivity index (χ3n) is 4.07. The first-order valence-corrected chi connectivity index (χ1v) is 9.05. The van der Waals surface area contributed by atoms with Crippen LogP contribution in [-0.2, 0) is 0 Å². The van der Waals surface area contributed by atoms with Gasteiger partial charge < -0.3 is 15.0 Å². The smallest absolute Gasteiger partial charge is 0.255 e. The number of nitrogens with one attached hydrogen (secondary N) is 1. The van der Waals surface area contributed by atoms with Crippen LogP contribution in [0.2, 0.25) is 0 Å². The number of halogens is 1. The van der Waals surface area contributed by atoms with E-state index in [2.05, 4.69) is 32.2 Å². The van der Waals surface area contributed by atoms with E-state index in [-0.39, 0.29) is 5.91 Å². The van der Waals surface area contributed by atoms with E-state index in [0.29, 0.717) is 12.2 Å². The summed E-state index contributed by atoms with van der Waals surface area (Å²) in [6.07, 6.45) is 2.47. The van der Waals surface area contributed by atoms with Crippen molar-refractivity contribution in [2.75, 3.05) is 29.9 Å². The van der Waals surface area contributed by atoms with Gasteiger partial charge in [-0.2, -0.15) is 0 Å². The summed E-state index contributed by atoms with van der Waals surface area (Å²) < 4.78 is 6.26. The first-order valence-electron chi connectivity index (χ1n) is 8.26. The Kier molecular flexibility index (Phi) is 5.41. The molecule has 2 aromatic rings. The SMILES string of the molecule is CCOc1ccc(C(=O)Nc2cccc(N3CCCC3)c2)cc1Br. The lowest BCUT2D eigenvalue weighted by Gasteiger charge is -2.18. The number of nitrogens with zero attached hydrogens (tertiary/aromatic N) is 1. The second kappa shape index (κ2) is 7.71. The maximum Gasteiger partial charge on any atom is 0.255 e. The Morgan fingerprint density at radius 2 is 2.00 bits per heavy atom. The number of hydrogen-bond donors (Lipinski definition) is 1. The fourth-order valence-corrected chi connectivity index (χ4v) is 3.37. The molecule has 4 nitrogen and oxygen atoms in total. The number of ether oxygens (including phenoxy) is 1. The van der Waals surface area contributed by atoms with Gasteiger partial charge in [-0.15, -0.1) is 0 Å². The molecular weight excluding hydrogens is 368 g/mol. The predicted octanol–water partition coefficient (Wildman–Crippen LogP) is 4.70. The fourth-order valence-electron chi connectivity index (χ4n) is 2.87. The van der Waals surface area contributed by atoms with Crippen LogP contribution in [0.25, 0.3) is 0 Å². The Morgan fingerprint density at radius 1 is 1.21 bits per heavy atom. The van der Waals surface area contributed by atoms with Crippen molar-refractivity contribution in [1.82, 2.24) is 0 Å². The highest BCUT2D eigenvalue weighted by Crippen LogP contribution is 2.27. The van der Waals surface area contributed by atoms with Crippen LogP contribution >= 0.6 is 15.9 Å². The van der Waals surface area contributed by atoms with Gasteiger partial charge in [0.25, 0.3) is 5.91 Å². The minimum Gasteiger partial charge on any atom is -0.493 e. The van der Waals surface area contributed by atoms with E-state index in [1.807, 2.05) is 31.2 Å². The van der Waals surface area contributed by atoms with Gasteiger partial charge in [0.15, 0.2) is 0 Å². The highest BCUT2D eigenvalue weighted by Gasteiger charge is 2.14. The van der Waals surface area contributed by atoms with Crippen molar-refractivity contribution in [3.05, 3.63) is 52.5 Å². The van der Waals surface area contributed by atoms with Crippen LogP contribution in [0, 0.1) is 0 Å². The van der Waals surface area contributed by atoms with E-state index < -0.39 is 0 Å². The normalized spacial score (nSPS) is 13.8.